The molecule has 0 atom stereocenters. The third kappa shape index (κ3) is 8.10. The molecule has 2 aromatic carbocycles. The SMILES string of the molecule is COc1ccc(N(CC(=O)N/N=C\c2ccc(OCC(=O)N3CCCCC3)cc2)S(C)(=O)=O)c(OC)c1. The molecule has 3 rings (SSSR count). The number of sulfonamides is 1. The molecule has 1 N–H and O–H groups in total. The van der Waals surface area contributed by atoms with Gasteiger partial charge in [-0.1, -0.05) is 0 Å². The molecule has 11 nitrogen and oxygen atoms in total. The second-order valence-corrected chi connectivity index (χ2v) is 10.3. The summed E-state index contributed by atoms with van der Waals surface area (Å²) in [4.78, 5) is 26.5. The summed E-state index contributed by atoms with van der Waals surface area (Å²) >= 11 is 0. The molecule has 200 valence electrons. The molecule has 0 aromatic heterocycles. The van der Waals surface area contributed by atoms with Crippen molar-refractivity contribution >= 4 is 33.7 Å². The zero-order valence-electron chi connectivity index (χ0n) is 21.2. The molecule has 37 heavy (non-hydrogen) atoms. The van der Waals surface area contributed by atoms with E-state index < -0.39 is 22.5 Å². The van der Waals surface area contributed by atoms with Crippen molar-refractivity contribution in [2.45, 2.75) is 19.3 Å². The van der Waals surface area contributed by atoms with E-state index in [4.69, 9.17) is 14.2 Å². The van der Waals surface area contributed by atoms with Gasteiger partial charge in [-0.25, -0.2) is 13.8 Å². The van der Waals surface area contributed by atoms with E-state index in [2.05, 4.69) is 10.5 Å². The molecule has 2 aromatic rings. The molecule has 1 aliphatic rings. The van der Waals surface area contributed by atoms with Gasteiger partial charge < -0.3 is 19.1 Å². The predicted molar refractivity (Wildman–Crippen MR) is 140 cm³/mol. The third-order valence-electron chi connectivity index (χ3n) is 5.70. The van der Waals surface area contributed by atoms with Gasteiger partial charge in [-0.15, -0.1) is 0 Å². The van der Waals surface area contributed by atoms with Crippen molar-refractivity contribution in [3.63, 3.8) is 0 Å². The zero-order chi connectivity index (χ0) is 26.8. The van der Waals surface area contributed by atoms with E-state index in [1.54, 1.807) is 30.3 Å². The minimum Gasteiger partial charge on any atom is -0.497 e. The highest BCUT2D eigenvalue weighted by Gasteiger charge is 2.24. The number of nitrogens with one attached hydrogen (secondary N) is 1. The summed E-state index contributed by atoms with van der Waals surface area (Å²) < 4.78 is 41.7. The number of anilines is 1. The van der Waals surface area contributed by atoms with Crippen LogP contribution in [0.15, 0.2) is 47.6 Å². The first-order valence-electron chi connectivity index (χ1n) is 11.7. The van der Waals surface area contributed by atoms with Crippen molar-refractivity contribution in [2.75, 3.05) is 51.0 Å². The van der Waals surface area contributed by atoms with Crippen LogP contribution in [0.4, 0.5) is 5.69 Å². The van der Waals surface area contributed by atoms with Gasteiger partial charge in [-0.2, -0.15) is 5.10 Å². The molecule has 1 saturated heterocycles. The van der Waals surface area contributed by atoms with Crippen LogP contribution in [0.5, 0.6) is 17.2 Å². The van der Waals surface area contributed by atoms with E-state index in [1.807, 2.05) is 4.90 Å². The first kappa shape index (κ1) is 27.8. The van der Waals surface area contributed by atoms with E-state index in [-0.39, 0.29) is 24.0 Å². The van der Waals surface area contributed by atoms with Gasteiger partial charge in [0, 0.05) is 19.2 Å². The van der Waals surface area contributed by atoms with Crippen LogP contribution < -0.4 is 23.9 Å². The van der Waals surface area contributed by atoms with Crippen LogP contribution >= 0.6 is 0 Å². The number of piperidine rings is 1. The molecule has 0 saturated carbocycles. The first-order valence-corrected chi connectivity index (χ1v) is 13.6. The number of likely N-dealkylation sites (tertiary alicyclic amines) is 1. The number of hydrogen-bond acceptors (Lipinski definition) is 8. The maximum Gasteiger partial charge on any atom is 0.260 e. The summed E-state index contributed by atoms with van der Waals surface area (Å²) in [6.07, 6.45) is 5.62. The van der Waals surface area contributed by atoms with E-state index in [0.717, 1.165) is 42.9 Å². The molecule has 0 unspecified atom stereocenters. The summed E-state index contributed by atoms with van der Waals surface area (Å²) in [5.41, 5.74) is 3.20. The Hall–Kier alpha value is -3.80. The third-order valence-corrected chi connectivity index (χ3v) is 6.82. The largest absolute Gasteiger partial charge is 0.497 e. The van der Waals surface area contributed by atoms with Crippen molar-refractivity contribution in [3.8, 4) is 17.2 Å². The second kappa shape index (κ2) is 12.9. The number of hydrogen-bond donors (Lipinski definition) is 1. The Morgan fingerprint density at radius 3 is 2.32 bits per heavy atom. The fraction of sp³-hybridized carbons (Fsp3) is 0.400. The summed E-state index contributed by atoms with van der Waals surface area (Å²) in [5, 5.41) is 3.91. The summed E-state index contributed by atoms with van der Waals surface area (Å²) in [6, 6.07) is 11.5. The molecular formula is C25H32N4O7S. The van der Waals surface area contributed by atoms with Crippen LogP contribution in [0.3, 0.4) is 0 Å². The average Bonchev–Trinajstić information content (AvgIpc) is 2.90. The molecule has 1 heterocycles. The Labute approximate surface area is 217 Å². The summed E-state index contributed by atoms with van der Waals surface area (Å²) in [6.45, 7) is 1.04. The number of nitrogens with zero attached hydrogens (tertiary/aromatic N) is 3. The number of hydrazone groups is 1. The highest BCUT2D eigenvalue weighted by molar-refractivity contribution is 7.92. The Bertz CT molecular complexity index is 1210. The minimum atomic E-state index is -3.81. The molecule has 1 fully saturated rings. The van der Waals surface area contributed by atoms with Crippen molar-refractivity contribution in [1.82, 2.24) is 10.3 Å². The number of ether oxygens (including phenoxy) is 3. The number of rotatable bonds is 11. The number of carbonyl (C=O) groups is 2. The van der Waals surface area contributed by atoms with Gasteiger partial charge in [0.1, 0.15) is 23.8 Å². The standard InChI is InChI=1S/C25H32N4O7S/c1-34-21-11-12-22(23(15-21)35-2)29(37(3,32)33)17-24(30)27-26-16-19-7-9-20(10-8-19)36-18-25(31)28-13-5-4-6-14-28/h7-12,15-16H,4-6,13-14,17-18H2,1-3H3,(H,27,30)/b26-16-. The lowest BCUT2D eigenvalue weighted by atomic mass is 10.1. The topological polar surface area (TPSA) is 127 Å². The van der Waals surface area contributed by atoms with Crippen LogP contribution in [0.2, 0.25) is 0 Å². The van der Waals surface area contributed by atoms with E-state index in [1.165, 1.54) is 32.6 Å². The van der Waals surface area contributed by atoms with Crippen LogP contribution in [0.25, 0.3) is 0 Å². The molecular weight excluding hydrogens is 500 g/mol. The predicted octanol–water partition coefficient (Wildman–Crippen LogP) is 2.01. The monoisotopic (exact) mass is 532 g/mol. The van der Waals surface area contributed by atoms with Gasteiger partial charge in [0.15, 0.2) is 6.61 Å². The molecule has 0 bridgehead atoms. The lowest BCUT2D eigenvalue weighted by Gasteiger charge is -2.26. The zero-order valence-corrected chi connectivity index (χ0v) is 22.0. The number of methoxy groups -OCH3 is 2. The molecule has 0 radical (unpaired) electrons. The lowest BCUT2D eigenvalue weighted by Crippen LogP contribution is -2.39. The highest BCUT2D eigenvalue weighted by Crippen LogP contribution is 2.33. The van der Waals surface area contributed by atoms with Crippen LogP contribution in [0, 0.1) is 0 Å². The van der Waals surface area contributed by atoms with E-state index >= 15 is 0 Å². The quantitative estimate of drug-likeness (QED) is 0.346. The Morgan fingerprint density at radius 1 is 1.03 bits per heavy atom. The molecule has 2 amide bonds. The van der Waals surface area contributed by atoms with E-state index in [9.17, 15) is 18.0 Å². The molecule has 12 heteroatoms. The molecule has 0 spiro atoms. The normalized spacial score (nSPS) is 13.8. The smallest absolute Gasteiger partial charge is 0.260 e. The fourth-order valence-electron chi connectivity index (χ4n) is 3.75. The van der Waals surface area contributed by atoms with Crippen molar-refractivity contribution in [1.29, 1.82) is 0 Å². The fourth-order valence-corrected chi connectivity index (χ4v) is 4.61. The lowest BCUT2D eigenvalue weighted by molar-refractivity contribution is -0.134. The van der Waals surface area contributed by atoms with Gasteiger partial charge in [0.2, 0.25) is 10.0 Å². The Morgan fingerprint density at radius 2 is 1.70 bits per heavy atom. The number of benzene rings is 2. The molecule has 1 aliphatic heterocycles. The van der Waals surface area contributed by atoms with Crippen LogP contribution in [-0.4, -0.2) is 78.1 Å². The Balaban J connectivity index is 1.55. The Kier molecular flexibility index (Phi) is 9.72. The van der Waals surface area contributed by atoms with Crippen LogP contribution in [-0.2, 0) is 19.6 Å². The van der Waals surface area contributed by atoms with Gasteiger partial charge in [0.05, 0.1) is 32.4 Å². The van der Waals surface area contributed by atoms with Crippen LogP contribution in [0.1, 0.15) is 24.8 Å². The van der Waals surface area contributed by atoms with Gasteiger partial charge in [-0.3, -0.25) is 13.9 Å². The highest BCUT2D eigenvalue weighted by atomic mass is 32.2. The second-order valence-electron chi connectivity index (χ2n) is 8.40. The van der Waals surface area contributed by atoms with Crippen molar-refractivity contribution in [2.24, 2.45) is 5.10 Å². The average molecular weight is 533 g/mol. The summed E-state index contributed by atoms with van der Waals surface area (Å²) in [5.74, 6) is 0.595. The van der Waals surface area contributed by atoms with Gasteiger partial charge in [0.25, 0.3) is 11.8 Å². The minimum absolute atomic E-state index is 0.0146. The van der Waals surface area contributed by atoms with Crippen molar-refractivity contribution < 1.29 is 32.2 Å². The first-order chi connectivity index (χ1) is 17.7. The number of carbonyl (C=O) groups excluding carboxylic acids is 2. The summed E-state index contributed by atoms with van der Waals surface area (Å²) in [7, 11) is -0.934. The maximum atomic E-state index is 12.5. The van der Waals surface area contributed by atoms with Crippen molar-refractivity contribution in [3.05, 3.63) is 48.0 Å². The molecule has 0 aliphatic carbocycles. The maximum absolute atomic E-state index is 12.5. The number of amides is 2. The van der Waals surface area contributed by atoms with Gasteiger partial charge in [-0.05, 0) is 61.2 Å². The van der Waals surface area contributed by atoms with E-state index in [0.29, 0.717) is 17.1 Å². The van der Waals surface area contributed by atoms with Gasteiger partial charge >= 0.3 is 0 Å².